The molecule has 96 valence electrons. The number of aryl methyl sites for hydroxylation is 1. The predicted molar refractivity (Wildman–Crippen MR) is 74.4 cm³/mol. The third-order valence-electron chi connectivity index (χ3n) is 3.35. The van der Waals surface area contributed by atoms with Gasteiger partial charge in [-0.1, -0.05) is 30.3 Å². The van der Waals surface area contributed by atoms with Crippen LogP contribution >= 0.6 is 0 Å². The first-order valence-electron chi connectivity index (χ1n) is 6.11. The predicted octanol–water partition coefficient (Wildman–Crippen LogP) is 3.11. The van der Waals surface area contributed by atoms with Crippen LogP contribution in [0.25, 0.3) is 11.0 Å². The van der Waals surface area contributed by atoms with E-state index in [0.717, 1.165) is 11.1 Å². The molecule has 1 heterocycles. The van der Waals surface area contributed by atoms with Gasteiger partial charge in [0.1, 0.15) is 5.52 Å². The topological polar surface area (TPSA) is 43.8 Å². The summed E-state index contributed by atoms with van der Waals surface area (Å²) in [7, 11) is 0. The molecule has 0 atom stereocenters. The zero-order valence-electron chi connectivity index (χ0n) is 10.6. The molecular formula is C15H14FN3. The molecule has 1 aromatic heterocycles. The number of hydrogen-bond acceptors (Lipinski definition) is 2. The molecule has 0 bridgehead atoms. The molecule has 2 N–H and O–H groups in total. The Kier molecular flexibility index (Phi) is 2.71. The largest absolute Gasteiger partial charge is 0.369 e. The summed E-state index contributed by atoms with van der Waals surface area (Å²) in [6.45, 7) is 2.64. The van der Waals surface area contributed by atoms with E-state index in [0.29, 0.717) is 18.0 Å². The molecule has 0 radical (unpaired) electrons. The Morgan fingerprint density at radius 1 is 1.16 bits per heavy atom. The van der Waals surface area contributed by atoms with Gasteiger partial charge in [-0.25, -0.2) is 9.37 Å². The molecule has 0 saturated heterocycles. The smallest absolute Gasteiger partial charge is 0.201 e. The van der Waals surface area contributed by atoms with E-state index >= 15 is 0 Å². The first kappa shape index (κ1) is 11.7. The maximum absolute atomic E-state index is 13.7. The van der Waals surface area contributed by atoms with Gasteiger partial charge in [0, 0.05) is 0 Å². The highest BCUT2D eigenvalue weighted by atomic mass is 19.1. The Hall–Kier alpha value is -2.36. The lowest BCUT2D eigenvalue weighted by Crippen LogP contribution is -2.05. The number of nitrogens with zero attached hydrogens (tertiary/aromatic N) is 2. The van der Waals surface area contributed by atoms with E-state index in [-0.39, 0.29) is 5.82 Å². The summed E-state index contributed by atoms with van der Waals surface area (Å²) in [5.41, 5.74) is 9.29. The monoisotopic (exact) mass is 255 g/mol. The van der Waals surface area contributed by atoms with Crippen molar-refractivity contribution in [1.29, 1.82) is 0 Å². The van der Waals surface area contributed by atoms with Crippen molar-refractivity contribution in [3.8, 4) is 0 Å². The summed E-state index contributed by atoms with van der Waals surface area (Å²) in [6.07, 6.45) is 0. The second-order valence-corrected chi connectivity index (χ2v) is 4.59. The second-order valence-electron chi connectivity index (χ2n) is 4.59. The molecular weight excluding hydrogens is 241 g/mol. The number of rotatable bonds is 2. The van der Waals surface area contributed by atoms with Crippen molar-refractivity contribution in [1.82, 2.24) is 9.55 Å². The lowest BCUT2D eigenvalue weighted by atomic mass is 10.1. The number of nitrogen functional groups attached to an aromatic ring is 1. The quantitative estimate of drug-likeness (QED) is 0.764. The van der Waals surface area contributed by atoms with Crippen LogP contribution in [0.15, 0.2) is 42.5 Å². The van der Waals surface area contributed by atoms with E-state index in [4.69, 9.17) is 5.73 Å². The molecule has 3 aromatic rings. The molecule has 0 amide bonds. The Balaban J connectivity index is 2.13. The van der Waals surface area contributed by atoms with Gasteiger partial charge in [0.05, 0.1) is 12.1 Å². The fraction of sp³-hybridized carbons (Fsp3) is 0.133. The molecule has 0 aliphatic rings. The number of anilines is 1. The van der Waals surface area contributed by atoms with E-state index in [1.165, 1.54) is 11.6 Å². The Labute approximate surface area is 110 Å². The van der Waals surface area contributed by atoms with Crippen molar-refractivity contribution in [2.24, 2.45) is 0 Å². The van der Waals surface area contributed by atoms with Gasteiger partial charge in [-0.15, -0.1) is 0 Å². The van der Waals surface area contributed by atoms with Crippen molar-refractivity contribution in [3.05, 3.63) is 59.4 Å². The van der Waals surface area contributed by atoms with Crippen molar-refractivity contribution in [2.45, 2.75) is 13.5 Å². The molecule has 19 heavy (non-hydrogen) atoms. The van der Waals surface area contributed by atoms with E-state index < -0.39 is 0 Å². The number of nitrogens with two attached hydrogens (primary N) is 1. The van der Waals surface area contributed by atoms with Crippen LogP contribution in [0, 0.1) is 12.7 Å². The molecule has 0 aliphatic carbocycles. The van der Waals surface area contributed by atoms with Gasteiger partial charge >= 0.3 is 0 Å². The highest BCUT2D eigenvalue weighted by Crippen LogP contribution is 2.22. The zero-order chi connectivity index (χ0) is 13.4. The molecule has 0 saturated carbocycles. The number of para-hydroxylation sites is 1. The van der Waals surface area contributed by atoms with Gasteiger partial charge in [0.2, 0.25) is 5.95 Å². The minimum absolute atomic E-state index is 0.327. The molecule has 4 heteroatoms. The van der Waals surface area contributed by atoms with Crippen molar-refractivity contribution in [2.75, 3.05) is 5.73 Å². The summed E-state index contributed by atoms with van der Waals surface area (Å²) in [5, 5.41) is 0. The van der Waals surface area contributed by atoms with Crippen molar-refractivity contribution >= 4 is 17.0 Å². The molecule has 3 nitrogen and oxygen atoms in total. The highest BCUT2D eigenvalue weighted by Gasteiger charge is 2.12. The average Bonchev–Trinajstić information content (AvgIpc) is 2.71. The first-order valence-corrected chi connectivity index (χ1v) is 6.11. The van der Waals surface area contributed by atoms with Crippen LogP contribution in [0.3, 0.4) is 0 Å². The minimum Gasteiger partial charge on any atom is -0.369 e. The van der Waals surface area contributed by atoms with Crippen LogP contribution in [0.1, 0.15) is 11.1 Å². The SMILES string of the molecule is Cc1ccccc1Cn1c(N)nc2c(F)cccc21. The number of hydrogen-bond donors (Lipinski definition) is 1. The fourth-order valence-corrected chi connectivity index (χ4v) is 2.25. The summed E-state index contributed by atoms with van der Waals surface area (Å²) in [6, 6.07) is 13.0. The third kappa shape index (κ3) is 1.95. The summed E-state index contributed by atoms with van der Waals surface area (Å²) in [5.74, 6) is -0.00362. The Morgan fingerprint density at radius 3 is 2.74 bits per heavy atom. The maximum Gasteiger partial charge on any atom is 0.201 e. The van der Waals surface area contributed by atoms with Crippen LogP contribution < -0.4 is 5.73 Å². The first-order chi connectivity index (χ1) is 9.16. The summed E-state index contributed by atoms with van der Waals surface area (Å²) >= 11 is 0. The number of aromatic nitrogens is 2. The van der Waals surface area contributed by atoms with E-state index in [1.807, 2.05) is 41.8 Å². The standard InChI is InChI=1S/C15H14FN3/c1-10-5-2-3-6-11(10)9-19-13-8-4-7-12(16)14(13)18-15(19)17/h2-8H,9H2,1H3,(H2,17,18). The third-order valence-corrected chi connectivity index (χ3v) is 3.35. The summed E-state index contributed by atoms with van der Waals surface area (Å²) < 4.78 is 15.5. The molecule has 0 aliphatic heterocycles. The fourth-order valence-electron chi connectivity index (χ4n) is 2.25. The maximum atomic E-state index is 13.7. The van der Waals surface area contributed by atoms with E-state index in [9.17, 15) is 4.39 Å². The van der Waals surface area contributed by atoms with Crippen LogP contribution in [-0.4, -0.2) is 9.55 Å². The number of benzene rings is 2. The van der Waals surface area contributed by atoms with Gasteiger partial charge < -0.3 is 10.3 Å². The molecule has 0 unspecified atom stereocenters. The van der Waals surface area contributed by atoms with Crippen LogP contribution in [-0.2, 0) is 6.54 Å². The van der Waals surface area contributed by atoms with Crippen LogP contribution in [0.2, 0.25) is 0 Å². The van der Waals surface area contributed by atoms with Crippen LogP contribution in [0.4, 0.5) is 10.3 Å². The van der Waals surface area contributed by atoms with E-state index in [2.05, 4.69) is 4.98 Å². The minimum atomic E-state index is -0.340. The van der Waals surface area contributed by atoms with Gasteiger partial charge in [0.25, 0.3) is 0 Å². The lowest BCUT2D eigenvalue weighted by Gasteiger charge is -2.09. The van der Waals surface area contributed by atoms with Gasteiger partial charge in [-0.05, 0) is 30.2 Å². The molecule has 0 spiro atoms. The Bertz CT molecular complexity index is 746. The van der Waals surface area contributed by atoms with Crippen molar-refractivity contribution in [3.63, 3.8) is 0 Å². The summed E-state index contributed by atoms with van der Waals surface area (Å²) in [4.78, 5) is 4.10. The second kappa shape index (κ2) is 4.39. The van der Waals surface area contributed by atoms with Gasteiger partial charge in [-0.2, -0.15) is 0 Å². The Morgan fingerprint density at radius 2 is 1.95 bits per heavy atom. The van der Waals surface area contributed by atoms with Crippen molar-refractivity contribution < 1.29 is 4.39 Å². The van der Waals surface area contributed by atoms with Gasteiger partial charge in [0.15, 0.2) is 5.82 Å². The highest BCUT2D eigenvalue weighted by molar-refractivity contribution is 5.79. The normalized spacial score (nSPS) is 11.1. The average molecular weight is 255 g/mol. The molecule has 2 aromatic carbocycles. The van der Waals surface area contributed by atoms with Crippen LogP contribution in [0.5, 0.6) is 0 Å². The number of fused-ring (bicyclic) bond motifs is 1. The van der Waals surface area contributed by atoms with Gasteiger partial charge in [-0.3, -0.25) is 0 Å². The zero-order valence-corrected chi connectivity index (χ0v) is 10.6. The number of halogens is 1. The van der Waals surface area contributed by atoms with E-state index in [1.54, 1.807) is 6.07 Å². The molecule has 0 fully saturated rings. The molecule has 3 rings (SSSR count). The lowest BCUT2D eigenvalue weighted by molar-refractivity contribution is 0.637. The number of imidazole rings is 1.